The Morgan fingerprint density at radius 1 is 1.89 bits per heavy atom. The van der Waals surface area contributed by atoms with Gasteiger partial charge in [0.15, 0.2) is 0 Å². The molecule has 1 rings (SSSR count). The molecule has 0 bridgehead atoms. The number of hydrogen-bond acceptors (Lipinski definition) is 3. The number of nitrogens with zero attached hydrogens (tertiary/aromatic N) is 2. The van der Waals surface area contributed by atoms with E-state index < -0.39 is 0 Å². The van der Waals surface area contributed by atoms with Crippen LogP contribution in [0.1, 0.15) is 6.92 Å². The summed E-state index contributed by atoms with van der Waals surface area (Å²) in [6, 6.07) is 0.358. The number of likely N-dealkylation sites (N-methyl/N-ethyl adjacent to an activating group) is 1. The van der Waals surface area contributed by atoms with Gasteiger partial charge in [-0.15, -0.1) is 0 Å². The van der Waals surface area contributed by atoms with E-state index in [1.807, 2.05) is 18.9 Å². The lowest BCUT2D eigenvalue weighted by atomic mass is 10.4. The molecule has 0 saturated heterocycles. The van der Waals surface area contributed by atoms with Crippen molar-refractivity contribution in [3.8, 4) is 0 Å². The summed E-state index contributed by atoms with van der Waals surface area (Å²) >= 11 is 0. The van der Waals surface area contributed by atoms with Crippen LogP contribution in [0, 0.1) is 0 Å². The normalized spacial score (nSPS) is 26.8. The predicted molar refractivity (Wildman–Crippen MR) is 36.6 cm³/mol. The number of aliphatic hydroxyl groups excluding tert-OH is 1. The predicted octanol–water partition coefficient (Wildman–Crippen LogP) is -0.289. The molecule has 0 spiro atoms. The maximum absolute atomic E-state index is 8.68. The maximum Gasteiger partial charge on any atom is 0.125 e. The number of aliphatic imine (C=N–C) groups is 1. The van der Waals surface area contributed by atoms with E-state index >= 15 is 0 Å². The first kappa shape index (κ1) is 6.55. The van der Waals surface area contributed by atoms with Crippen LogP contribution in [0.3, 0.4) is 0 Å². The van der Waals surface area contributed by atoms with Gasteiger partial charge < -0.3 is 10.0 Å². The quantitative estimate of drug-likeness (QED) is 0.527. The molecule has 1 aliphatic heterocycles. The van der Waals surface area contributed by atoms with Gasteiger partial charge in [0.2, 0.25) is 0 Å². The van der Waals surface area contributed by atoms with Crippen LogP contribution >= 0.6 is 0 Å². The van der Waals surface area contributed by atoms with Crippen molar-refractivity contribution in [1.82, 2.24) is 4.90 Å². The molecule has 0 aromatic rings. The van der Waals surface area contributed by atoms with E-state index in [1.165, 1.54) is 0 Å². The standard InChI is InChI=1S/C6H12N2O/c1-5-3-8(2)6(4-9)7-5/h5,9H,3-4H2,1-2H3. The highest BCUT2D eigenvalue weighted by atomic mass is 16.3. The van der Waals surface area contributed by atoms with Gasteiger partial charge in [-0.1, -0.05) is 0 Å². The largest absolute Gasteiger partial charge is 0.388 e. The molecule has 1 N–H and O–H groups in total. The van der Waals surface area contributed by atoms with Gasteiger partial charge in [-0.2, -0.15) is 0 Å². The topological polar surface area (TPSA) is 35.8 Å². The molecule has 0 saturated carbocycles. The van der Waals surface area contributed by atoms with E-state index in [0.717, 1.165) is 12.4 Å². The van der Waals surface area contributed by atoms with Crippen LogP contribution in [0.4, 0.5) is 0 Å². The van der Waals surface area contributed by atoms with E-state index in [4.69, 9.17) is 5.11 Å². The van der Waals surface area contributed by atoms with Gasteiger partial charge in [0.05, 0.1) is 6.04 Å². The third kappa shape index (κ3) is 1.21. The van der Waals surface area contributed by atoms with Gasteiger partial charge in [-0.25, -0.2) is 0 Å². The lowest BCUT2D eigenvalue weighted by Gasteiger charge is -2.10. The van der Waals surface area contributed by atoms with Crippen LogP contribution in [0.25, 0.3) is 0 Å². The molecule has 0 amide bonds. The lowest BCUT2D eigenvalue weighted by molar-refractivity contribution is 0.339. The molecule has 1 atom stereocenters. The van der Waals surface area contributed by atoms with Crippen molar-refractivity contribution in [2.45, 2.75) is 13.0 Å². The zero-order valence-electron chi connectivity index (χ0n) is 5.83. The van der Waals surface area contributed by atoms with Crippen LogP contribution < -0.4 is 0 Å². The van der Waals surface area contributed by atoms with Gasteiger partial charge >= 0.3 is 0 Å². The Morgan fingerprint density at radius 2 is 2.56 bits per heavy atom. The van der Waals surface area contributed by atoms with Gasteiger partial charge in [-0.05, 0) is 6.92 Å². The van der Waals surface area contributed by atoms with Crippen molar-refractivity contribution < 1.29 is 5.11 Å². The Kier molecular flexibility index (Phi) is 1.71. The highest BCUT2D eigenvalue weighted by molar-refractivity contribution is 5.84. The highest BCUT2D eigenvalue weighted by Gasteiger charge is 2.16. The second kappa shape index (κ2) is 2.35. The van der Waals surface area contributed by atoms with E-state index in [1.54, 1.807) is 0 Å². The molecule has 1 heterocycles. The second-order valence-corrected chi connectivity index (χ2v) is 2.43. The summed E-state index contributed by atoms with van der Waals surface area (Å²) in [7, 11) is 1.94. The zero-order chi connectivity index (χ0) is 6.85. The molecular weight excluding hydrogens is 116 g/mol. The lowest BCUT2D eigenvalue weighted by Crippen LogP contribution is -2.26. The molecule has 1 unspecified atom stereocenters. The molecule has 0 fully saturated rings. The van der Waals surface area contributed by atoms with Gasteiger partial charge in [-0.3, -0.25) is 4.99 Å². The Bertz CT molecular complexity index is 133. The first-order valence-corrected chi connectivity index (χ1v) is 3.12. The van der Waals surface area contributed by atoms with E-state index in [9.17, 15) is 0 Å². The van der Waals surface area contributed by atoms with Gasteiger partial charge in [0.1, 0.15) is 12.4 Å². The van der Waals surface area contributed by atoms with Crippen molar-refractivity contribution in [1.29, 1.82) is 0 Å². The number of hydrogen-bond donors (Lipinski definition) is 1. The van der Waals surface area contributed by atoms with Gasteiger partial charge in [0.25, 0.3) is 0 Å². The molecule has 0 aliphatic carbocycles. The first-order chi connectivity index (χ1) is 4.24. The summed E-state index contributed by atoms with van der Waals surface area (Å²) in [6.07, 6.45) is 0. The minimum Gasteiger partial charge on any atom is -0.388 e. The SMILES string of the molecule is CC1CN(C)C(CO)=N1. The molecular formula is C6H12N2O. The minimum absolute atomic E-state index is 0.0703. The molecule has 0 aromatic heterocycles. The Labute approximate surface area is 55.0 Å². The summed E-state index contributed by atoms with van der Waals surface area (Å²) in [5, 5.41) is 8.68. The minimum atomic E-state index is 0.0703. The second-order valence-electron chi connectivity index (χ2n) is 2.43. The summed E-state index contributed by atoms with van der Waals surface area (Å²) in [4.78, 5) is 6.16. The fourth-order valence-corrected chi connectivity index (χ4v) is 1.06. The third-order valence-electron chi connectivity index (χ3n) is 1.49. The smallest absolute Gasteiger partial charge is 0.125 e. The summed E-state index contributed by atoms with van der Waals surface area (Å²) in [5.41, 5.74) is 0. The van der Waals surface area contributed by atoms with E-state index in [-0.39, 0.29) is 6.61 Å². The number of aliphatic hydroxyl groups is 1. The zero-order valence-corrected chi connectivity index (χ0v) is 5.83. The van der Waals surface area contributed by atoms with Crippen molar-refractivity contribution in [3.05, 3.63) is 0 Å². The van der Waals surface area contributed by atoms with Crippen LogP contribution in [-0.4, -0.2) is 42.1 Å². The monoisotopic (exact) mass is 128 g/mol. The number of amidine groups is 1. The highest BCUT2D eigenvalue weighted by Crippen LogP contribution is 2.04. The molecule has 0 radical (unpaired) electrons. The summed E-state index contributed by atoms with van der Waals surface area (Å²) < 4.78 is 0. The fourth-order valence-electron chi connectivity index (χ4n) is 1.06. The van der Waals surface area contributed by atoms with E-state index in [2.05, 4.69) is 4.99 Å². The van der Waals surface area contributed by atoms with Crippen molar-refractivity contribution in [2.75, 3.05) is 20.2 Å². The van der Waals surface area contributed by atoms with Crippen molar-refractivity contribution in [3.63, 3.8) is 0 Å². The van der Waals surface area contributed by atoms with Crippen LogP contribution in [0.5, 0.6) is 0 Å². The van der Waals surface area contributed by atoms with Gasteiger partial charge in [0, 0.05) is 13.6 Å². The molecule has 0 aromatic carbocycles. The fraction of sp³-hybridized carbons (Fsp3) is 0.833. The average Bonchev–Trinajstić information content (AvgIpc) is 2.10. The van der Waals surface area contributed by atoms with E-state index in [0.29, 0.717) is 6.04 Å². The molecule has 1 aliphatic rings. The van der Waals surface area contributed by atoms with Crippen molar-refractivity contribution >= 4 is 5.84 Å². The molecule has 3 nitrogen and oxygen atoms in total. The molecule has 52 valence electrons. The maximum atomic E-state index is 8.68. The third-order valence-corrected chi connectivity index (χ3v) is 1.49. The van der Waals surface area contributed by atoms with Crippen LogP contribution in [-0.2, 0) is 0 Å². The summed E-state index contributed by atoms with van der Waals surface area (Å²) in [5.74, 6) is 0.808. The van der Waals surface area contributed by atoms with Crippen molar-refractivity contribution in [2.24, 2.45) is 4.99 Å². The van der Waals surface area contributed by atoms with Crippen LogP contribution in [0.2, 0.25) is 0 Å². The summed E-state index contributed by atoms with van der Waals surface area (Å²) in [6.45, 7) is 3.05. The number of rotatable bonds is 1. The molecule has 3 heteroatoms. The average molecular weight is 128 g/mol. The Balaban J connectivity index is 2.57. The molecule has 9 heavy (non-hydrogen) atoms. The Morgan fingerprint density at radius 3 is 2.78 bits per heavy atom. The Hall–Kier alpha value is -0.570. The van der Waals surface area contributed by atoms with Crippen LogP contribution in [0.15, 0.2) is 4.99 Å². The first-order valence-electron chi connectivity index (χ1n) is 3.12.